The normalized spacial score (nSPS) is 17.5. The minimum Gasteiger partial charge on any atom is -0.364 e. The van der Waals surface area contributed by atoms with E-state index in [0.29, 0.717) is 16.6 Å². The Labute approximate surface area is 244 Å². The Bertz CT molecular complexity index is 1470. The average Bonchev–Trinajstić information content (AvgIpc) is 3.51. The van der Waals surface area contributed by atoms with E-state index < -0.39 is 87.0 Å². The van der Waals surface area contributed by atoms with Crippen LogP contribution in [0.5, 0.6) is 0 Å². The van der Waals surface area contributed by atoms with Crippen molar-refractivity contribution < 1.29 is 49.4 Å². The molecule has 4 N–H and O–H groups in total. The number of primary amides is 1. The molecule has 4 rings (SSSR count). The highest BCUT2D eigenvalue weighted by Crippen LogP contribution is 2.45. The third kappa shape index (κ3) is 8.41. The molecule has 1 aliphatic rings. The number of halogens is 8. The average molecular weight is 640 g/mol. The van der Waals surface area contributed by atoms with Gasteiger partial charge in [-0.3, -0.25) is 14.3 Å². The molecule has 0 radical (unpaired) electrons. The largest absolute Gasteiger partial charge is 0.522 e. The molecule has 242 valence electrons. The summed E-state index contributed by atoms with van der Waals surface area (Å²) >= 11 is 0. The molecule has 2 amide bonds. The van der Waals surface area contributed by atoms with Crippen molar-refractivity contribution in [1.82, 2.24) is 30.3 Å². The molecule has 0 spiro atoms. The zero-order chi connectivity index (χ0) is 32.4. The fourth-order valence-electron chi connectivity index (χ4n) is 5.28. The van der Waals surface area contributed by atoms with Crippen LogP contribution in [0.3, 0.4) is 0 Å². The molecule has 0 aliphatic heterocycles. The van der Waals surface area contributed by atoms with Crippen molar-refractivity contribution in [3.8, 4) is 0 Å². The second kappa shape index (κ2) is 12.6. The first-order valence-corrected chi connectivity index (χ1v) is 13.6. The number of rotatable bonds is 11. The summed E-state index contributed by atoms with van der Waals surface area (Å²) in [5, 5.41) is 10.3. The van der Waals surface area contributed by atoms with E-state index in [1.54, 1.807) is 25.1 Å². The maximum Gasteiger partial charge on any atom is 0.522 e. The van der Waals surface area contributed by atoms with Gasteiger partial charge in [0.05, 0.1) is 42.6 Å². The minimum atomic E-state index is -4.93. The summed E-state index contributed by atoms with van der Waals surface area (Å²) in [5.41, 5.74) is 6.54. The SMILES string of the molecule is C[C@@H](NC(=O)CCC(F)(F)F)c1ccc2nc([C@H](c3nnn(CCOC(F)(F)F)c3C(N)=O)C3CCC(F)(F)CC3)[nH]c2c1. The zero-order valence-corrected chi connectivity index (χ0v) is 23.2. The van der Waals surface area contributed by atoms with Gasteiger partial charge in [-0.05, 0) is 43.4 Å². The molecule has 2 heterocycles. The minimum absolute atomic E-state index is 0.00317. The number of alkyl halides is 8. The number of amides is 2. The summed E-state index contributed by atoms with van der Waals surface area (Å²) in [4.78, 5) is 32.1. The van der Waals surface area contributed by atoms with Gasteiger partial charge in [0, 0.05) is 19.3 Å². The van der Waals surface area contributed by atoms with Crippen molar-refractivity contribution in [1.29, 1.82) is 0 Å². The lowest BCUT2D eigenvalue weighted by Gasteiger charge is -2.32. The van der Waals surface area contributed by atoms with Crippen LogP contribution in [-0.2, 0) is 16.1 Å². The van der Waals surface area contributed by atoms with Gasteiger partial charge in [0.25, 0.3) is 5.91 Å². The van der Waals surface area contributed by atoms with Gasteiger partial charge < -0.3 is 16.0 Å². The lowest BCUT2D eigenvalue weighted by Crippen LogP contribution is -2.30. The van der Waals surface area contributed by atoms with Crippen LogP contribution >= 0.6 is 0 Å². The summed E-state index contributed by atoms with van der Waals surface area (Å²) in [5.74, 6) is -6.01. The Morgan fingerprint density at radius 2 is 1.86 bits per heavy atom. The molecule has 1 saturated carbocycles. The molecule has 2 aromatic heterocycles. The van der Waals surface area contributed by atoms with Crippen molar-refractivity contribution >= 4 is 22.8 Å². The number of ether oxygens (including phenoxy) is 1. The predicted octanol–water partition coefficient (Wildman–Crippen LogP) is 5.27. The van der Waals surface area contributed by atoms with Gasteiger partial charge in [-0.1, -0.05) is 11.3 Å². The Morgan fingerprint density at radius 3 is 2.48 bits per heavy atom. The molecule has 1 aromatic carbocycles. The van der Waals surface area contributed by atoms with Gasteiger partial charge in [0.15, 0.2) is 0 Å². The fourth-order valence-corrected chi connectivity index (χ4v) is 5.28. The third-order valence-electron chi connectivity index (χ3n) is 7.42. The quantitative estimate of drug-likeness (QED) is 0.244. The van der Waals surface area contributed by atoms with E-state index in [-0.39, 0.29) is 30.1 Å². The highest BCUT2D eigenvalue weighted by molar-refractivity contribution is 5.92. The Morgan fingerprint density at radius 1 is 1.18 bits per heavy atom. The van der Waals surface area contributed by atoms with E-state index >= 15 is 0 Å². The first-order valence-electron chi connectivity index (χ1n) is 13.6. The maximum atomic E-state index is 14.1. The molecule has 0 bridgehead atoms. The van der Waals surface area contributed by atoms with E-state index in [0.717, 1.165) is 4.68 Å². The smallest absolute Gasteiger partial charge is 0.364 e. The van der Waals surface area contributed by atoms with Crippen molar-refractivity contribution in [2.24, 2.45) is 11.7 Å². The number of benzene rings is 1. The van der Waals surface area contributed by atoms with Crippen LogP contribution in [0.4, 0.5) is 35.1 Å². The summed E-state index contributed by atoms with van der Waals surface area (Å²) in [6, 6.07) is 4.11. The number of fused-ring (bicyclic) bond motifs is 1. The molecule has 10 nitrogen and oxygen atoms in total. The van der Waals surface area contributed by atoms with Crippen molar-refractivity contribution in [3.63, 3.8) is 0 Å². The fraction of sp³-hybridized carbons (Fsp3) is 0.577. The van der Waals surface area contributed by atoms with E-state index in [1.165, 1.54) is 0 Å². The van der Waals surface area contributed by atoms with Crippen LogP contribution < -0.4 is 11.1 Å². The van der Waals surface area contributed by atoms with Crippen LogP contribution in [-0.4, -0.2) is 61.8 Å². The molecule has 18 heteroatoms. The number of nitrogens with two attached hydrogens (primary N) is 1. The van der Waals surface area contributed by atoms with Crippen LogP contribution in [0.1, 0.15) is 85.0 Å². The molecule has 1 fully saturated rings. The van der Waals surface area contributed by atoms with Crippen molar-refractivity contribution in [2.75, 3.05) is 6.61 Å². The van der Waals surface area contributed by atoms with Crippen LogP contribution in [0.15, 0.2) is 18.2 Å². The first-order chi connectivity index (χ1) is 20.4. The van der Waals surface area contributed by atoms with Crippen LogP contribution in [0, 0.1) is 5.92 Å². The second-order valence-electron chi connectivity index (χ2n) is 10.7. The molecule has 44 heavy (non-hydrogen) atoms. The van der Waals surface area contributed by atoms with E-state index in [4.69, 9.17) is 5.73 Å². The topological polar surface area (TPSA) is 141 Å². The molecule has 3 aromatic rings. The first kappa shape index (κ1) is 33.1. The number of imidazole rings is 1. The zero-order valence-electron chi connectivity index (χ0n) is 23.2. The Balaban J connectivity index is 1.66. The molecule has 0 saturated heterocycles. The molecule has 0 unspecified atom stereocenters. The number of carbonyl (C=O) groups is 2. The number of nitrogens with zero attached hydrogens (tertiary/aromatic N) is 4. The molecule has 2 atom stereocenters. The monoisotopic (exact) mass is 639 g/mol. The molecular weight excluding hydrogens is 610 g/mol. The molecular formula is C26H29F8N7O3. The van der Waals surface area contributed by atoms with E-state index in [9.17, 15) is 44.7 Å². The van der Waals surface area contributed by atoms with Gasteiger partial charge in [-0.25, -0.2) is 18.4 Å². The lowest BCUT2D eigenvalue weighted by molar-refractivity contribution is -0.325. The Hall–Kier alpha value is -3.83. The van der Waals surface area contributed by atoms with Gasteiger partial charge in [-0.2, -0.15) is 13.2 Å². The number of aromatic amines is 1. The number of carbonyl (C=O) groups excluding carboxylic acids is 2. The number of aromatic nitrogens is 5. The molecule has 1 aliphatic carbocycles. The number of hydrogen-bond donors (Lipinski definition) is 3. The maximum absolute atomic E-state index is 14.1. The van der Waals surface area contributed by atoms with Gasteiger partial charge in [0.1, 0.15) is 17.2 Å². The highest BCUT2D eigenvalue weighted by atomic mass is 19.4. The third-order valence-corrected chi connectivity index (χ3v) is 7.42. The van der Waals surface area contributed by atoms with Crippen LogP contribution in [0.2, 0.25) is 0 Å². The number of hydrogen-bond acceptors (Lipinski definition) is 6. The lowest BCUT2D eigenvalue weighted by atomic mass is 9.76. The summed E-state index contributed by atoms with van der Waals surface area (Å²) in [7, 11) is 0. The van der Waals surface area contributed by atoms with E-state index in [2.05, 4.69) is 30.3 Å². The second-order valence-corrected chi connectivity index (χ2v) is 10.7. The van der Waals surface area contributed by atoms with E-state index in [1.807, 2.05) is 0 Å². The Kier molecular flexibility index (Phi) is 9.51. The number of nitrogens with one attached hydrogen (secondary N) is 2. The van der Waals surface area contributed by atoms with Gasteiger partial charge in [-0.15, -0.1) is 18.3 Å². The summed E-state index contributed by atoms with van der Waals surface area (Å²) in [6.07, 6.45) is -12.3. The summed E-state index contributed by atoms with van der Waals surface area (Å²) in [6.45, 7) is 0.149. The van der Waals surface area contributed by atoms with Crippen LogP contribution in [0.25, 0.3) is 11.0 Å². The van der Waals surface area contributed by atoms with Gasteiger partial charge in [0.2, 0.25) is 11.8 Å². The van der Waals surface area contributed by atoms with Gasteiger partial charge >= 0.3 is 12.5 Å². The van der Waals surface area contributed by atoms with Crippen molar-refractivity contribution in [3.05, 3.63) is 41.0 Å². The number of H-pyrrole nitrogens is 1. The standard InChI is InChI=1S/C26H29F8N7O3/c1-13(36-18(42)6-9-25(29,30)31)15-2-3-16-17(12-15)38-23(37-16)19(14-4-7-24(27,28)8-5-14)20-21(22(35)43)41(40-39-20)10-11-44-26(32,33)34/h2-3,12-14,19H,4-11H2,1H3,(H2,35,43)(H,36,42)(H,37,38)/t13-,19+/m1/s1. The summed E-state index contributed by atoms with van der Waals surface area (Å²) < 4.78 is 108. The predicted molar refractivity (Wildman–Crippen MR) is 137 cm³/mol. The highest BCUT2D eigenvalue weighted by Gasteiger charge is 2.42. The van der Waals surface area contributed by atoms with Crippen molar-refractivity contribution in [2.45, 2.75) is 82.4 Å².